The van der Waals surface area contributed by atoms with Crippen LogP contribution < -0.4 is 0 Å². The lowest BCUT2D eigenvalue weighted by atomic mass is 9.33. The molecule has 34 atom stereocenters. The van der Waals surface area contributed by atoms with Crippen LogP contribution in [-0.4, -0.2) is 274 Å². The number of aliphatic hydroxyl groups is 16. The third kappa shape index (κ3) is 10.8. The summed E-state index contributed by atoms with van der Waals surface area (Å²) in [6.07, 6.45) is -35.5. The standard InChI is InChI=1S/C58H94O27/c1-22-33(65)36(68)39(71)48(78-22)82-44-28(63)20-76-47(42(44)74)81-43-23(2)79-49(41(73)38(43)70)83-45-34(66)27(62)19-77-51(45)85-52(75)58-14-13-53(3,4)15-25(58)24-9-10-31-54(5)16-26(61)46(84-50-40(72)37(69)35(67)29(18-59)80-50)55(6,21-60)30(54)11-12-56(31,7)57(24,8)17-32(58)64/h9,22-23,25-51,59-74H,10-21H2,1-8H3/t22-,23-,25-,26-,27-,28+,29+,30+,31+,32+,33-,34-,35+,36+,37-,38-,39+,40+,41+,42+,43-,44-,45-,46-,47-,48-,49-,50-,51-,54-,55-,56+,57+,58+/m0/s1. The molecule has 0 aromatic carbocycles. The first kappa shape index (κ1) is 66.1. The molecule has 0 unspecified atom stereocenters. The second-order valence-corrected chi connectivity index (χ2v) is 28.3. The Balaban J connectivity index is 0.856. The Labute approximate surface area is 493 Å². The van der Waals surface area contributed by atoms with Gasteiger partial charge in [0.05, 0.1) is 56.9 Å². The summed E-state index contributed by atoms with van der Waals surface area (Å²) >= 11 is 0. The van der Waals surface area contributed by atoms with Crippen molar-refractivity contribution < 1.29 is 134 Å². The fourth-order valence-electron chi connectivity index (χ4n) is 17.6. The molecular formula is C58H94O27. The molecule has 0 bridgehead atoms. The fraction of sp³-hybridized carbons (Fsp3) is 0.948. The predicted octanol–water partition coefficient (Wildman–Crippen LogP) is -3.96. The Morgan fingerprint density at radius 2 is 1.14 bits per heavy atom. The van der Waals surface area contributed by atoms with Gasteiger partial charge in [-0.3, -0.25) is 4.79 Å². The number of carbonyl (C=O) groups excluding carboxylic acids is 1. The van der Waals surface area contributed by atoms with Gasteiger partial charge in [0.15, 0.2) is 31.3 Å². The fourth-order valence-corrected chi connectivity index (χ4v) is 17.6. The van der Waals surface area contributed by atoms with Crippen LogP contribution in [0.25, 0.3) is 0 Å². The zero-order valence-electron chi connectivity index (χ0n) is 49.5. The van der Waals surface area contributed by atoms with E-state index in [0.717, 1.165) is 5.57 Å². The summed E-state index contributed by atoms with van der Waals surface area (Å²) in [5.74, 6) is -1.84. The van der Waals surface area contributed by atoms with E-state index in [9.17, 15) is 81.7 Å². The summed E-state index contributed by atoms with van der Waals surface area (Å²) in [4.78, 5) is 15.4. The summed E-state index contributed by atoms with van der Waals surface area (Å²) in [5.41, 5.74) is -3.98. The van der Waals surface area contributed by atoms with E-state index in [0.29, 0.717) is 32.1 Å². The van der Waals surface area contributed by atoms with Crippen molar-refractivity contribution in [2.45, 2.75) is 266 Å². The van der Waals surface area contributed by atoms with Crippen molar-refractivity contribution in [3.05, 3.63) is 11.6 Å². The van der Waals surface area contributed by atoms with E-state index in [4.69, 9.17) is 47.4 Å². The highest BCUT2D eigenvalue weighted by molar-refractivity contribution is 5.80. The van der Waals surface area contributed by atoms with Gasteiger partial charge in [0.2, 0.25) is 6.29 Å². The smallest absolute Gasteiger partial charge is 0.317 e. The minimum atomic E-state index is -1.98. The second-order valence-electron chi connectivity index (χ2n) is 28.3. The lowest BCUT2D eigenvalue weighted by Gasteiger charge is -2.72. The summed E-state index contributed by atoms with van der Waals surface area (Å²) < 4.78 is 59.0. The molecule has 10 rings (SSSR count). The Kier molecular flexibility index (Phi) is 18.7. The summed E-state index contributed by atoms with van der Waals surface area (Å²) in [5, 5.41) is 177. The van der Waals surface area contributed by atoms with Crippen molar-refractivity contribution in [1.29, 1.82) is 0 Å². The Morgan fingerprint density at radius 3 is 1.80 bits per heavy atom. The van der Waals surface area contributed by atoms with Crippen LogP contribution in [0, 0.1) is 50.2 Å². The van der Waals surface area contributed by atoms with Crippen molar-refractivity contribution in [2.75, 3.05) is 26.4 Å². The van der Waals surface area contributed by atoms with E-state index >= 15 is 4.79 Å². The van der Waals surface area contributed by atoms with Crippen molar-refractivity contribution >= 4 is 5.97 Å². The number of hydrogen-bond acceptors (Lipinski definition) is 27. The van der Waals surface area contributed by atoms with Crippen LogP contribution in [0.5, 0.6) is 0 Å². The molecule has 85 heavy (non-hydrogen) atoms. The highest BCUT2D eigenvalue weighted by atomic mass is 16.8. The molecule has 0 spiro atoms. The van der Waals surface area contributed by atoms with E-state index in [1.54, 1.807) is 0 Å². The van der Waals surface area contributed by atoms with E-state index in [1.165, 1.54) is 13.8 Å². The minimum absolute atomic E-state index is 0.124. The van der Waals surface area contributed by atoms with Gasteiger partial charge in [0, 0.05) is 5.41 Å². The Bertz CT molecular complexity index is 2390. The average molecular weight is 1220 g/mol. The lowest BCUT2D eigenvalue weighted by molar-refractivity contribution is -0.377. The van der Waals surface area contributed by atoms with Gasteiger partial charge in [-0.05, 0) is 105 Å². The Hall–Kier alpha value is -1.79. The first-order valence-corrected chi connectivity index (χ1v) is 30.2. The third-order valence-corrected chi connectivity index (χ3v) is 22.8. The van der Waals surface area contributed by atoms with Gasteiger partial charge in [0.25, 0.3) is 0 Å². The van der Waals surface area contributed by atoms with Gasteiger partial charge in [-0.1, -0.05) is 53.2 Å². The molecule has 0 amide bonds. The van der Waals surface area contributed by atoms with Crippen LogP contribution in [0.2, 0.25) is 0 Å². The third-order valence-electron chi connectivity index (χ3n) is 22.8. The van der Waals surface area contributed by atoms with Gasteiger partial charge in [0.1, 0.15) is 97.0 Å². The quantitative estimate of drug-likeness (QED) is 0.0504. The zero-order chi connectivity index (χ0) is 62.2. The molecule has 4 saturated carbocycles. The van der Waals surface area contributed by atoms with Gasteiger partial charge in [-0.25, -0.2) is 0 Å². The van der Waals surface area contributed by atoms with E-state index in [-0.39, 0.29) is 36.5 Å². The van der Waals surface area contributed by atoms with E-state index < -0.39 is 225 Å². The average Bonchev–Trinajstić information content (AvgIpc) is 0.689. The van der Waals surface area contributed by atoms with E-state index in [1.807, 2.05) is 6.92 Å². The minimum Gasteiger partial charge on any atom is -0.432 e. The first-order chi connectivity index (χ1) is 39.7. The molecule has 0 aromatic rings. The van der Waals surface area contributed by atoms with E-state index in [2.05, 4.69) is 40.7 Å². The highest BCUT2D eigenvalue weighted by Crippen LogP contribution is 2.76. The number of hydrogen-bond donors (Lipinski definition) is 16. The molecule has 0 radical (unpaired) electrons. The monoisotopic (exact) mass is 1220 g/mol. The maximum atomic E-state index is 15.4. The van der Waals surface area contributed by atoms with Crippen LogP contribution in [0.1, 0.15) is 107 Å². The molecule has 10 aliphatic rings. The van der Waals surface area contributed by atoms with Crippen molar-refractivity contribution in [3.63, 3.8) is 0 Å². The summed E-state index contributed by atoms with van der Waals surface area (Å²) in [7, 11) is 0. The zero-order valence-corrected chi connectivity index (χ0v) is 49.5. The maximum absolute atomic E-state index is 15.4. The molecule has 5 aliphatic carbocycles. The maximum Gasteiger partial charge on any atom is 0.317 e. The second kappa shape index (κ2) is 24.0. The number of ether oxygens (including phenoxy) is 10. The topological polar surface area (TPSA) is 433 Å². The highest BCUT2D eigenvalue weighted by Gasteiger charge is 2.73. The number of rotatable bonds is 12. The van der Waals surface area contributed by atoms with Crippen molar-refractivity contribution in [1.82, 2.24) is 0 Å². The number of allylic oxidation sites excluding steroid dienone is 2. The molecule has 27 heteroatoms. The first-order valence-electron chi connectivity index (χ1n) is 30.2. The van der Waals surface area contributed by atoms with Gasteiger partial charge in [-0.15, -0.1) is 0 Å². The molecule has 9 fully saturated rings. The van der Waals surface area contributed by atoms with Crippen molar-refractivity contribution in [2.24, 2.45) is 50.2 Å². The number of carbonyl (C=O) groups is 1. The summed E-state index contributed by atoms with van der Waals surface area (Å²) in [6.45, 7) is 13.2. The lowest BCUT2D eigenvalue weighted by Crippen LogP contribution is -2.70. The normalized spacial score (nSPS) is 56.1. The Morgan fingerprint density at radius 1 is 0.553 bits per heavy atom. The molecule has 488 valence electrons. The van der Waals surface area contributed by atoms with Gasteiger partial charge >= 0.3 is 5.97 Å². The molecule has 5 saturated heterocycles. The van der Waals surface area contributed by atoms with Crippen LogP contribution in [0.4, 0.5) is 0 Å². The molecular weight excluding hydrogens is 1130 g/mol. The summed E-state index contributed by atoms with van der Waals surface area (Å²) in [6, 6.07) is 0. The SMILES string of the molecule is C[C@@H]1O[C@@H](O[C@@H]2[C@@H](O)[C@H](O[C@@H]3[C@@H](O)[C@@H](O)[C@H](O[C@@H]4[C@H](OC(=O)[C@]56CCC(C)(C)C[C@H]5C5=CC[C@@H]7[C@@]8(C)C[C@H](O)[C@H](O[C@@H]9O[C@H](CO)[C@@H](O)[C@H](O)[C@H]9O)[C@@](C)(CO)[C@@H]8CC[C@@]7(C)[C@]5(C)C[C@H]6O)OC[C@H](O)[C@@H]4O)O[C@H]3C)OC[C@H]2O)[C@H](O)[C@H](O)[C@H]1O. The molecule has 5 heterocycles. The van der Waals surface area contributed by atoms with Crippen LogP contribution in [0.15, 0.2) is 11.6 Å². The number of esters is 1. The van der Waals surface area contributed by atoms with Crippen molar-refractivity contribution in [3.8, 4) is 0 Å². The molecule has 16 N–H and O–H groups in total. The molecule has 5 aliphatic heterocycles. The molecule has 0 aromatic heterocycles. The van der Waals surface area contributed by atoms with Gasteiger partial charge < -0.3 is 129 Å². The molecule has 27 nitrogen and oxygen atoms in total. The van der Waals surface area contributed by atoms with Crippen LogP contribution >= 0.6 is 0 Å². The van der Waals surface area contributed by atoms with Gasteiger partial charge in [-0.2, -0.15) is 0 Å². The largest absolute Gasteiger partial charge is 0.432 e. The van der Waals surface area contributed by atoms with Crippen LogP contribution in [0.3, 0.4) is 0 Å². The predicted molar refractivity (Wildman–Crippen MR) is 285 cm³/mol. The number of fused-ring (bicyclic) bond motifs is 7. The number of aliphatic hydroxyl groups excluding tert-OH is 16. The van der Waals surface area contributed by atoms with Crippen LogP contribution in [-0.2, 0) is 52.2 Å².